The summed E-state index contributed by atoms with van der Waals surface area (Å²) in [7, 11) is 0. The summed E-state index contributed by atoms with van der Waals surface area (Å²) < 4.78 is 6.00. The Labute approximate surface area is 172 Å². The zero-order valence-electron chi connectivity index (χ0n) is 15.2. The van der Waals surface area contributed by atoms with Crippen molar-refractivity contribution in [3.05, 3.63) is 73.6 Å². The van der Waals surface area contributed by atoms with E-state index in [1.165, 1.54) is 0 Å². The zero-order chi connectivity index (χ0) is 19.3. The lowest BCUT2D eigenvalue weighted by molar-refractivity contribution is 0.223. The van der Waals surface area contributed by atoms with Gasteiger partial charge in [-0.2, -0.15) is 0 Å². The van der Waals surface area contributed by atoms with E-state index in [2.05, 4.69) is 9.88 Å². The van der Waals surface area contributed by atoms with E-state index in [1.54, 1.807) is 12.1 Å². The average molecular weight is 416 g/mol. The van der Waals surface area contributed by atoms with Gasteiger partial charge in [0.2, 0.25) is 0 Å². The number of rotatable bonds is 4. The highest BCUT2D eigenvalue weighted by molar-refractivity contribution is 6.36. The first kappa shape index (κ1) is 18.0. The van der Waals surface area contributed by atoms with Crippen LogP contribution >= 0.6 is 23.2 Å². The Hall–Kier alpha value is -2.08. The highest BCUT2D eigenvalue weighted by Crippen LogP contribution is 2.38. The van der Waals surface area contributed by atoms with Crippen molar-refractivity contribution in [2.45, 2.75) is 38.3 Å². The highest BCUT2D eigenvalue weighted by Gasteiger charge is 2.29. The molecule has 1 aliphatic carbocycles. The molecule has 0 atom stereocenters. The van der Waals surface area contributed by atoms with Gasteiger partial charge >= 0.3 is 0 Å². The quantitative estimate of drug-likeness (QED) is 0.666. The Morgan fingerprint density at radius 3 is 2.86 bits per heavy atom. The Bertz CT molecular complexity index is 1100. The molecule has 2 aliphatic rings. The van der Waals surface area contributed by atoms with Gasteiger partial charge in [-0.1, -0.05) is 23.2 Å². The predicted molar refractivity (Wildman–Crippen MR) is 109 cm³/mol. The molecule has 1 saturated carbocycles. The van der Waals surface area contributed by atoms with Crippen LogP contribution in [-0.4, -0.2) is 21.4 Å². The molecule has 0 spiro atoms. The maximum absolute atomic E-state index is 12.5. The number of nitrogens with zero attached hydrogens (tertiary/aromatic N) is 2. The van der Waals surface area contributed by atoms with Crippen LogP contribution in [0.3, 0.4) is 0 Å². The maximum atomic E-state index is 12.5. The fourth-order valence-corrected chi connectivity index (χ4v) is 4.20. The lowest BCUT2D eigenvalue weighted by Gasteiger charge is -2.26. The van der Waals surface area contributed by atoms with Crippen LogP contribution in [-0.2, 0) is 19.5 Å². The standard InChI is InChI=1S/C21H19Cl2N3O2/c22-13-3-5-15(17(23)9-13)19-6-4-14(28-19)10-26-8-7-18-16(11-26)21(27)25-20(24-18)12-1-2-12/h3-6,9,12H,1-2,7-8,10-11H2,(H,24,25,27). The molecule has 1 aromatic carbocycles. The molecule has 0 radical (unpaired) electrons. The van der Waals surface area contributed by atoms with Crippen molar-refractivity contribution in [2.24, 2.45) is 0 Å². The fourth-order valence-electron chi connectivity index (χ4n) is 3.70. The smallest absolute Gasteiger partial charge is 0.255 e. The number of aromatic nitrogens is 2. The molecule has 2 aromatic heterocycles. The average Bonchev–Trinajstić information content (AvgIpc) is 3.42. The molecule has 3 heterocycles. The Morgan fingerprint density at radius 2 is 2.07 bits per heavy atom. The summed E-state index contributed by atoms with van der Waals surface area (Å²) in [5.74, 6) is 2.87. The van der Waals surface area contributed by atoms with E-state index in [1.807, 2.05) is 18.2 Å². The Kier molecular flexibility index (Phi) is 4.54. The Morgan fingerprint density at radius 1 is 1.21 bits per heavy atom. The topological polar surface area (TPSA) is 62.1 Å². The summed E-state index contributed by atoms with van der Waals surface area (Å²) in [5.41, 5.74) is 2.55. The van der Waals surface area contributed by atoms with E-state index in [0.29, 0.717) is 34.8 Å². The molecule has 0 saturated heterocycles. The van der Waals surface area contributed by atoms with Crippen LogP contribution in [0.25, 0.3) is 11.3 Å². The summed E-state index contributed by atoms with van der Waals surface area (Å²) in [6.07, 6.45) is 3.05. The molecule has 5 rings (SSSR count). The monoisotopic (exact) mass is 415 g/mol. The summed E-state index contributed by atoms with van der Waals surface area (Å²) in [4.78, 5) is 22.4. The van der Waals surface area contributed by atoms with Gasteiger partial charge in [0.05, 0.1) is 22.8 Å². The van der Waals surface area contributed by atoms with E-state index in [-0.39, 0.29) is 5.56 Å². The van der Waals surface area contributed by atoms with Gasteiger partial charge in [0, 0.05) is 36.0 Å². The number of hydrogen-bond acceptors (Lipinski definition) is 4. The third kappa shape index (κ3) is 3.50. The van der Waals surface area contributed by atoms with Crippen LogP contribution in [0.5, 0.6) is 0 Å². The zero-order valence-corrected chi connectivity index (χ0v) is 16.7. The fraction of sp³-hybridized carbons (Fsp3) is 0.333. The van der Waals surface area contributed by atoms with E-state index < -0.39 is 0 Å². The third-order valence-corrected chi connectivity index (χ3v) is 5.92. The van der Waals surface area contributed by atoms with Gasteiger partial charge < -0.3 is 9.40 Å². The number of aromatic amines is 1. The molecule has 0 bridgehead atoms. The van der Waals surface area contributed by atoms with Crippen LogP contribution in [0.15, 0.2) is 39.5 Å². The molecule has 144 valence electrons. The first-order valence-corrected chi connectivity index (χ1v) is 10.2. The van der Waals surface area contributed by atoms with Crippen molar-refractivity contribution in [2.75, 3.05) is 6.54 Å². The number of H-pyrrole nitrogens is 1. The van der Waals surface area contributed by atoms with Gasteiger partial charge in [-0.3, -0.25) is 9.69 Å². The first-order chi connectivity index (χ1) is 13.6. The summed E-state index contributed by atoms with van der Waals surface area (Å²) >= 11 is 12.2. The van der Waals surface area contributed by atoms with Crippen molar-refractivity contribution in [1.82, 2.24) is 14.9 Å². The van der Waals surface area contributed by atoms with Gasteiger partial charge in [-0.05, 0) is 43.2 Å². The molecule has 7 heteroatoms. The van der Waals surface area contributed by atoms with Gasteiger partial charge in [-0.15, -0.1) is 0 Å². The minimum atomic E-state index is 0.00433. The Balaban J connectivity index is 1.33. The molecule has 28 heavy (non-hydrogen) atoms. The summed E-state index contributed by atoms with van der Waals surface area (Å²) in [6.45, 7) is 2.07. The van der Waals surface area contributed by atoms with Gasteiger partial charge in [0.1, 0.15) is 17.3 Å². The molecule has 0 amide bonds. The van der Waals surface area contributed by atoms with Crippen LogP contribution in [0.1, 0.15) is 41.6 Å². The van der Waals surface area contributed by atoms with Crippen LogP contribution in [0, 0.1) is 0 Å². The summed E-state index contributed by atoms with van der Waals surface area (Å²) in [5, 5.41) is 1.15. The molecule has 0 unspecified atom stereocenters. The number of hydrogen-bond donors (Lipinski definition) is 1. The maximum Gasteiger partial charge on any atom is 0.255 e. The molecule has 1 aliphatic heterocycles. The van der Waals surface area contributed by atoms with E-state index in [4.69, 9.17) is 32.6 Å². The van der Waals surface area contributed by atoms with Crippen molar-refractivity contribution in [3.63, 3.8) is 0 Å². The van der Waals surface area contributed by atoms with Crippen LogP contribution in [0.2, 0.25) is 10.0 Å². The minimum absolute atomic E-state index is 0.00433. The highest BCUT2D eigenvalue weighted by atomic mass is 35.5. The van der Waals surface area contributed by atoms with Gasteiger partial charge in [-0.25, -0.2) is 4.98 Å². The number of furan rings is 1. The second-order valence-corrected chi connectivity index (χ2v) is 8.35. The lowest BCUT2D eigenvalue weighted by Crippen LogP contribution is -2.35. The second-order valence-electron chi connectivity index (χ2n) is 7.50. The summed E-state index contributed by atoms with van der Waals surface area (Å²) in [6, 6.07) is 9.22. The predicted octanol–water partition coefficient (Wildman–Crippen LogP) is 4.77. The van der Waals surface area contributed by atoms with E-state index in [0.717, 1.165) is 54.2 Å². The molecule has 5 nitrogen and oxygen atoms in total. The minimum Gasteiger partial charge on any atom is -0.460 e. The molecule has 1 N–H and O–H groups in total. The number of nitrogens with one attached hydrogen (secondary N) is 1. The number of halogens is 2. The SMILES string of the molecule is O=c1[nH]c(C2CC2)nc2c1CN(Cc1ccc(-c3ccc(Cl)cc3Cl)o1)CC2. The lowest BCUT2D eigenvalue weighted by atomic mass is 10.1. The van der Waals surface area contributed by atoms with E-state index >= 15 is 0 Å². The molecule has 1 fully saturated rings. The molecule has 3 aromatic rings. The van der Waals surface area contributed by atoms with Crippen LogP contribution in [0.4, 0.5) is 0 Å². The first-order valence-electron chi connectivity index (χ1n) is 9.45. The van der Waals surface area contributed by atoms with Crippen molar-refractivity contribution < 1.29 is 4.42 Å². The molecular formula is C21H19Cl2N3O2. The van der Waals surface area contributed by atoms with E-state index in [9.17, 15) is 4.79 Å². The van der Waals surface area contributed by atoms with Crippen molar-refractivity contribution >= 4 is 23.2 Å². The van der Waals surface area contributed by atoms with Crippen LogP contribution < -0.4 is 5.56 Å². The number of fused-ring (bicyclic) bond motifs is 1. The van der Waals surface area contributed by atoms with Crippen molar-refractivity contribution in [3.8, 4) is 11.3 Å². The largest absolute Gasteiger partial charge is 0.460 e. The van der Waals surface area contributed by atoms with Gasteiger partial charge in [0.15, 0.2) is 0 Å². The second kappa shape index (κ2) is 7.07. The third-order valence-electron chi connectivity index (χ3n) is 5.37. The van der Waals surface area contributed by atoms with Crippen molar-refractivity contribution in [1.29, 1.82) is 0 Å². The van der Waals surface area contributed by atoms with Gasteiger partial charge in [0.25, 0.3) is 5.56 Å². The normalized spacial score (nSPS) is 16.9. The molecular weight excluding hydrogens is 397 g/mol. The number of benzene rings is 1.